The van der Waals surface area contributed by atoms with E-state index in [9.17, 15) is 8.78 Å². The number of aliphatic hydroxyl groups excluding tert-OH is 1. The Morgan fingerprint density at radius 2 is 1.95 bits per heavy atom. The van der Waals surface area contributed by atoms with Crippen molar-refractivity contribution in [1.82, 2.24) is 10.2 Å². The minimum atomic E-state index is -3.17. The molecule has 3 nitrogen and oxygen atoms in total. The Balaban J connectivity index is 2.36. The number of alkyl halides is 2. The van der Waals surface area contributed by atoms with E-state index in [1.807, 2.05) is 0 Å². The molecular formula is C13H17BrF2N2O. The Morgan fingerprint density at radius 3 is 2.53 bits per heavy atom. The first-order chi connectivity index (χ1) is 9.06. The van der Waals surface area contributed by atoms with Gasteiger partial charge in [-0.15, -0.1) is 0 Å². The number of benzene rings is 1. The first-order valence-corrected chi connectivity index (χ1v) is 7.03. The van der Waals surface area contributed by atoms with Gasteiger partial charge in [0.25, 0.3) is 5.92 Å². The fraction of sp³-hybridized carbons (Fsp3) is 0.538. The van der Waals surface area contributed by atoms with Gasteiger partial charge in [0, 0.05) is 30.7 Å². The molecule has 1 aromatic carbocycles. The van der Waals surface area contributed by atoms with E-state index in [4.69, 9.17) is 5.11 Å². The van der Waals surface area contributed by atoms with Gasteiger partial charge < -0.3 is 10.4 Å². The molecule has 0 spiro atoms. The zero-order valence-electron chi connectivity index (χ0n) is 10.5. The third-order valence-corrected chi connectivity index (χ3v) is 4.05. The van der Waals surface area contributed by atoms with Gasteiger partial charge in [-0.3, -0.25) is 4.90 Å². The molecule has 0 aromatic heterocycles. The van der Waals surface area contributed by atoms with Gasteiger partial charge in [-0.2, -0.15) is 0 Å². The quantitative estimate of drug-likeness (QED) is 0.884. The second-order valence-corrected chi connectivity index (χ2v) is 5.48. The molecule has 0 amide bonds. The van der Waals surface area contributed by atoms with Crippen molar-refractivity contribution >= 4 is 15.9 Å². The highest BCUT2D eigenvalue weighted by Gasteiger charge is 2.44. The van der Waals surface area contributed by atoms with Gasteiger partial charge in [0.15, 0.2) is 0 Å². The van der Waals surface area contributed by atoms with Crippen molar-refractivity contribution in [2.45, 2.75) is 12.0 Å². The SMILES string of the molecule is OCC(F)(F)[C@H](c1ccccc1Br)N1CCNCC1. The Kier molecular flexibility index (Phi) is 4.89. The average molecular weight is 335 g/mol. The van der Waals surface area contributed by atoms with Gasteiger partial charge >= 0.3 is 0 Å². The van der Waals surface area contributed by atoms with Crippen LogP contribution in [0.1, 0.15) is 11.6 Å². The molecule has 1 atom stereocenters. The molecule has 2 rings (SSSR count). The van der Waals surface area contributed by atoms with E-state index >= 15 is 0 Å². The van der Waals surface area contributed by atoms with Gasteiger partial charge in [-0.1, -0.05) is 34.1 Å². The summed E-state index contributed by atoms with van der Waals surface area (Å²) < 4.78 is 28.9. The molecule has 1 aliphatic rings. The van der Waals surface area contributed by atoms with Crippen molar-refractivity contribution in [3.05, 3.63) is 34.3 Å². The van der Waals surface area contributed by atoms with Crippen LogP contribution in [0.3, 0.4) is 0 Å². The highest BCUT2D eigenvalue weighted by atomic mass is 79.9. The number of nitrogens with one attached hydrogen (secondary N) is 1. The Labute approximate surface area is 119 Å². The van der Waals surface area contributed by atoms with Crippen LogP contribution in [-0.4, -0.2) is 48.7 Å². The highest BCUT2D eigenvalue weighted by Crippen LogP contribution is 2.39. The van der Waals surface area contributed by atoms with E-state index in [1.165, 1.54) is 0 Å². The van der Waals surface area contributed by atoms with Crippen molar-refractivity contribution in [2.75, 3.05) is 32.8 Å². The van der Waals surface area contributed by atoms with Gasteiger partial charge in [-0.25, -0.2) is 8.78 Å². The molecule has 1 heterocycles. The number of hydrogen-bond donors (Lipinski definition) is 2. The summed E-state index contributed by atoms with van der Waals surface area (Å²) in [7, 11) is 0. The van der Waals surface area contributed by atoms with Crippen LogP contribution in [-0.2, 0) is 0 Å². The van der Waals surface area contributed by atoms with Gasteiger partial charge in [0.2, 0.25) is 0 Å². The van der Waals surface area contributed by atoms with Crippen LogP contribution < -0.4 is 5.32 Å². The van der Waals surface area contributed by atoms with Crippen molar-refractivity contribution in [2.24, 2.45) is 0 Å². The van der Waals surface area contributed by atoms with Crippen molar-refractivity contribution in [1.29, 1.82) is 0 Å². The molecule has 2 N–H and O–H groups in total. The molecule has 1 saturated heterocycles. The van der Waals surface area contributed by atoms with Gasteiger partial charge in [-0.05, 0) is 11.6 Å². The number of halogens is 3. The molecule has 19 heavy (non-hydrogen) atoms. The maximum atomic E-state index is 14.1. The maximum absolute atomic E-state index is 14.1. The molecule has 0 saturated carbocycles. The molecular weight excluding hydrogens is 318 g/mol. The maximum Gasteiger partial charge on any atom is 0.289 e. The summed E-state index contributed by atoms with van der Waals surface area (Å²) in [6.45, 7) is 1.30. The fourth-order valence-electron chi connectivity index (χ4n) is 2.41. The van der Waals surface area contributed by atoms with Crippen LogP contribution >= 0.6 is 15.9 Å². The van der Waals surface area contributed by atoms with Crippen LogP contribution in [0.2, 0.25) is 0 Å². The lowest BCUT2D eigenvalue weighted by Gasteiger charge is -2.39. The van der Waals surface area contributed by atoms with Crippen molar-refractivity contribution < 1.29 is 13.9 Å². The van der Waals surface area contributed by atoms with E-state index in [1.54, 1.807) is 29.2 Å². The Bertz CT molecular complexity index is 425. The molecule has 1 aliphatic heterocycles. The second kappa shape index (κ2) is 6.26. The number of hydrogen-bond acceptors (Lipinski definition) is 3. The lowest BCUT2D eigenvalue weighted by Crippen LogP contribution is -2.51. The summed E-state index contributed by atoms with van der Waals surface area (Å²) >= 11 is 3.33. The van der Waals surface area contributed by atoms with Gasteiger partial charge in [0.05, 0.1) is 0 Å². The Hall–Kier alpha value is -0.560. The zero-order chi connectivity index (χ0) is 13.9. The van der Waals surface area contributed by atoms with Crippen molar-refractivity contribution in [3.8, 4) is 0 Å². The number of piperazine rings is 1. The summed E-state index contributed by atoms with van der Waals surface area (Å²) in [6, 6.07) is 5.86. The highest BCUT2D eigenvalue weighted by molar-refractivity contribution is 9.10. The summed E-state index contributed by atoms with van der Waals surface area (Å²) in [5, 5.41) is 12.2. The van der Waals surface area contributed by atoms with Gasteiger partial charge in [0.1, 0.15) is 12.6 Å². The molecule has 0 aliphatic carbocycles. The minimum absolute atomic E-state index is 0.517. The first kappa shape index (κ1) is 14.8. The van der Waals surface area contributed by atoms with Crippen LogP contribution in [0, 0.1) is 0 Å². The molecule has 6 heteroatoms. The monoisotopic (exact) mass is 334 g/mol. The predicted octanol–water partition coefficient (Wildman–Crippen LogP) is 2.02. The third-order valence-electron chi connectivity index (χ3n) is 3.33. The third kappa shape index (κ3) is 3.31. The zero-order valence-corrected chi connectivity index (χ0v) is 12.0. The average Bonchev–Trinajstić information content (AvgIpc) is 2.42. The van der Waals surface area contributed by atoms with Crippen LogP contribution in [0.5, 0.6) is 0 Å². The summed E-state index contributed by atoms with van der Waals surface area (Å²) in [6.07, 6.45) is 0. The normalized spacial score (nSPS) is 19.4. The Morgan fingerprint density at radius 1 is 1.32 bits per heavy atom. The smallest absolute Gasteiger partial charge is 0.289 e. The molecule has 0 unspecified atom stereocenters. The lowest BCUT2D eigenvalue weighted by atomic mass is 9.98. The molecule has 1 aromatic rings. The minimum Gasteiger partial charge on any atom is -0.390 e. The molecule has 0 bridgehead atoms. The number of nitrogens with zero attached hydrogens (tertiary/aromatic N) is 1. The lowest BCUT2D eigenvalue weighted by molar-refractivity contribution is -0.118. The second-order valence-electron chi connectivity index (χ2n) is 4.63. The predicted molar refractivity (Wildman–Crippen MR) is 73.4 cm³/mol. The van der Waals surface area contributed by atoms with E-state index in [2.05, 4.69) is 21.2 Å². The van der Waals surface area contributed by atoms with Crippen LogP contribution in [0.25, 0.3) is 0 Å². The summed E-state index contributed by atoms with van der Waals surface area (Å²) in [5.74, 6) is -3.17. The topological polar surface area (TPSA) is 35.5 Å². The molecule has 106 valence electrons. The summed E-state index contributed by atoms with van der Waals surface area (Å²) in [5.41, 5.74) is 0.517. The van der Waals surface area contributed by atoms with E-state index in [0.29, 0.717) is 36.2 Å². The summed E-state index contributed by atoms with van der Waals surface area (Å²) in [4.78, 5) is 1.73. The molecule has 1 fully saturated rings. The standard InChI is InChI=1S/C13H17BrF2N2O/c14-11-4-2-1-3-10(11)12(13(15,16)9-19)18-7-5-17-6-8-18/h1-4,12,17,19H,5-9H2/t12-/m0/s1. The fourth-order valence-corrected chi connectivity index (χ4v) is 2.92. The van der Waals surface area contributed by atoms with E-state index in [0.717, 1.165) is 0 Å². The van der Waals surface area contributed by atoms with Crippen molar-refractivity contribution in [3.63, 3.8) is 0 Å². The largest absolute Gasteiger partial charge is 0.390 e. The number of rotatable bonds is 4. The number of aliphatic hydroxyl groups is 1. The molecule has 0 radical (unpaired) electrons. The first-order valence-electron chi connectivity index (χ1n) is 6.24. The van der Waals surface area contributed by atoms with Crippen LogP contribution in [0.4, 0.5) is 8.78 Å². The van der Waals surface area contributed by atoms with E-state index < -0.39 is 18.6 Å². The van der Waals surface area contributed by atoms with E-state index in [-0.39, 0.29) is 0 Å². The van der Waals surface area contributed by atoms with Crippen LogP contribution in [0.15, 0.2) is 28.7 Å².